The molecule has 5 rings (SSSR count). The van der Waals surface area contributed by atoms with Crippen LogP contribution in [0.15, 0.2) is 42.6 Å². The largest absolute Gasteiger partial charge is 0.497 e. The second-order valence-electron chi connectivity index (χ2n) is 6.49. The van der Waals surface area contributed by atoms with Gasteiger partial charge in [0.15, 0.2) is 11.5 Å². The number of hydrogen-bond acceptors (Lipinski definition) is 7. The molecule has 9 heteroatoms. The average molecular weight is 375 g/mol. The lowest BCUT2D eigenvalue weighted by molar-refractivity contribution is -0.119. The Balaban J connectivity index is 1.69. The van der Waals surface area contributed by atoms with Gasteiger partial charge in [-0.1, -0.05) is 12.1 Å². The lowest BCUT2D eigenvalue weighted by Gasteiger charge is -2.12. The van der Waals surface area contributed by atoms with E-state index in [4.69, 9.17) is 9.72 Å². The van der Waals surface area contributed by atoms with Gasteiger partial charge >= 0.3 is 0 Å². The first kappa shape index (κ1) is 16.4. The molecule has 2 N–H and O–H groups in total. The Morgan fingerprint density at radius 2 is 2.18 bits per heavy atom. The molecule has 1 aliphatic heterocycles. The van der Waals surface area contributed by atoms with Crippen molar-refractivity contribution in [1.29, 1.82) is 0 Å². The van der Waals surface area contributed by atoms with Crippen LogP contribution >= 0.6 is 0 Å². The highest BCUT2D eigenvalue weighted by Crippen LogP contribution is 2.25. The van der Waals surface area contributed by atoms with Crippen LogP contribution in [0.4, 0.5) is 5.95 Å². The number of aromatic nitrogens is 5. The maximum absolute atomic E-state index is 12.0. The Kier molecular flexibility index (Phi) is 3.78. The van der Waals surface area contributed by atoms with E-state index in [9.17, 15) is 4.79 Å². The van der Waals surface area contributed by atoms with Crippen LogP contribution in [0.3, 0.4) is 0 Å². The molecule has 1 fully saturated rings. The molecule has 0 radical (unpaired) electrons. The maximum atomic E-state index is 12.0. The van der Waals surface area contributed by atoms with Crippen molar-refractivity contribution < 1.29 is 9.53 Å². The summed E-state index contributed by atoms with van der Waals surface area (Å²) in [5.74, 6) is 1.66. The van der Waals surface area contributed by atoms with Gasteiger partial charge in [-0.15, -0.1) is 5.10 Å². The summed E-state index contributed by atoms with van der Waals surface area (Å²) in [6.07, 6.45) is 2.38. The number of fused-ring (bicyclic) bond motifs is 3. The lowest BCUT2D eigenvalue weighted by atomic mass is 10.2. The van der Waals surface area contributed by atoms with Gasteiger partial charge in [-0.25, -0.2) is 9.97 Å². The lowest BCUT2D eigenvalue weighted by Crippen LogP contribution is -2.30. The molecule has 3 aromatic heterocycles. The quantitative estimate of drug-likeness (QED) is 0.558. The summed E-state index contributed by atoms with van der Waals surface area (Å²) in [6.45, 7) is 0.640. The minimum absolute atomic E-state index is 0.0469. The summed E-state index contributed by atoms with van der Waals surface area (Å²) in [5, 5.41) is 10.6. The number of benzene rings is 1. The molecule has 0 bridgehead atoms. The van der Waals surface area contributed by atoms with E-state index in [2.05, 4.69) is 25.7 Å². The van der Waals surface area contributed by atoms with Crippen LogP contribution in [0, 0.1) is 0 Å². The molecule has 0 unspecified atom stereocenters. The molecule has 1 aliphatic rings. The van der Waals surface area contributed by atoms with Crippen LogP contribution in [0.2, 0.25) is 0 Å². The minimum Gasteiger partial charge on any atom is -0.497 e. The number of ether oxygens (including phenoxy) is 1. The van der Waals surface area contributed by atoms with Gasteiger partial charge in [-0.2, -0.15) is 4.52 Å². The zero-order valence-electron chi connectivity index (χ0n) is 15.1. The van der Waals surface area contributed by atoms with E-state index in [1.165, 1.54) is 0 Å². The topological polar surface area (TPSA) is 106 Å². The fourth-order valence-corrected chi connectivity index (χ4v) is 3.30. The third-order valence-corrected chi connectivity index (χ3v) is 4.71. The molecule has 0 saturated carbocycles. The molecule has 1 amide bonds. The number of nitrogens with zero attached hydrogens (tertiary/aromatic N) is 5. The van der Waals surface area contributed by atoms with Gasteiger partial charge in [-0.3, -0.25) is 9.78 Å². The Morgan fingerprint density at radius 3 is 3.00 bits per heavy atom. The minimum atomic E-state index is -0.353. The molecule has 140 valence electrons. The predicted molar refractivity (Wildman–Crippen MR) is 103 cm³/mol. The Labute approximate surface area is 159 Å². The molecule has 9 nitrogen and oxygen atoms in total. The van der Waals surface area contributed by atoms with Crippen molar-refractivity contribution in [2.24, 2.45) is 0 Å². The normalized spacial score (nSPS) is 16.5. The van der Waals surface area contributed by atoms with Crippen molar-refractivity contribution in [2.45, 2.75) is 12.5 Å². The number of nitrogens with one attached hydrogen (secondary N) is 2. The fraction of sp³-hybridized carbons (Fsp3) is 0.211. The molecule has 1 saturated heterocycles. The molecule has 0 aliphatic carbocycles. The van der Waals surface area contributed by atoms with Crippen LogP contribution in [0.5, 0.6) is 5.75 Å². The number of pyridine rings is 1. The Morgan fingerprint density at radius 1 is 1.25 bits per heavy atom. The van der Waals surface area contributed by atoms with Crippen LogP contribution in [0.1, 0.15) is 6.42 Å². The first-order chi connectivity index (χ1) is 13.7. The summed E-state index contributed by atoms with van der Waals surface area (Å²) in [4.78, 5) is 25.7. The molecule has 28 heavy (non-hydrogen) atoms. The van der Waals surface area contributed by atoms with Gasteiger partial charge in [0.1, 0.15) is 17.3 Å². The van der Waals surface area contributed by atoms with E-state index < -0.39 is 0 Å². The number of methoxy groups -OCH3 is 1. The van der Waals surface area contributed by atoms with E-state index in [1.807, 2.05) is 36.4 Å². The van der Waals surface area contributed by atoms with Gasteiger partial charge in [-0.05, 0) is 30.7 Å². The highest BCUT2D eigenvalue weighted by molar-refractivity contribution is 5.90. The second kappa shape index (κ2) is 6.45. The zero-order valence-corrected chi connectivity index (χ0v) is 15.1. The molecule has 0 spiro atoms. The highest BCUT2D eigenvalue weighted by atomic mass is 16.5. The SMILES string of the molecule is COc1cccc(-c2nc3c4ncccc4nc(N[C@@H]4CCNC4=O)n3n2)c1. The highest BCUT2D eigenvalue weighted by Gasteiger charge is 2.26. The van der Waals surface area contributed by atoms with Crippen molar-refractivity contribution in [3.8, 4) is 17.1 Å². The number of anilines is 1. The molecule has 1 aromatic carbocycles. The predicted octanol–water partition coefficient (Wildman–Crippen LogP) is 1.65. The Bertz CT molecular complexity index is 1200. The summed E-state index contributed by atoms with van der Waals surface area (Å²) in [6, 6.07) is 10.9. The third-order valence-electron chi connectivity index (χ3n) is 4.71. The fourth-order valence-electron chi connectivity index (χ4n) is 3.30. The second-order valence-corrected chi connectivity index (χ2v) is 6.49. The van der Waals surface area contributed by atoms with Crippen molar-refractivity contribution in [2.75, 3.05) is 19.0 Å². The van der Waals surface area contributed by atoms with E-state index in [0.717, 1.165) is 11.3 Å². The van der Waals surface area contributed by atoms with Crippen LogP contribution < -0.4 is 15.4 Å². The van der Waals surface area contributed by atoms with Crippen LogP contribution in [0.25, 0.3) is 28.1 Å². The van der Waals surface area contributed by atoms with Gasteiger partial charge in [0.25, 0.3) is 0 Å². The molecule has 4 aromatic rings. The standard InChI is InChI=1S/C19H17N7O2/c1-28-12-5-2-4-11(10-12)16-24-17-15-13(6-3-8-20-15)22-19(26(17)25-16)23-14-7-9-21-18(14)27/h2-6,8,10,14H,7,9H2,1H3,(H,21,27)(H,22,23)/t14-/m1/s1. The van der Waals surface area contributed by atoms with Gasteiger partial charge in [0.05, 0.1) is 12.6 Å². The zero-order chi connectivity index (χ0) is 19.1. The van der Waals surface area contributed by atoms with Crippen molar-refractivity contribution in [3.63, 3.8) is 0 Å². The smallest absolute Gasteiger partial charge is 0.242 e. The van der Waals surface area contributed by atoms with E-state index >= 15 is 0 Å². The van der Waals surface area contributed by atoms with Crippen LogP contribution in [-0.4, -0.2) is 50.2 Å². The summed E-state index contributed by atoms with van der Waals surface area (Å²) >= 11 is 0. The molecular formula is C19H17N7O2. The average Bonchev–Trinajstić information content (AvgIpc) is 3.35. The third kappa shape index (κ3) is 2.68. The number of amides is 1. The van der Waals surface area contributed by atoms with E-state index in [-0.39, 0.29) is 11.9 Å². The summed E-state index contributed by atoms with van der Waals surface area (Å²) in [5.41, 5.74) is 2.71. The van der Waals surface area contributed by atoms with Gasteiger partial charge in [0.2, 0.25) is 11.9 Å². The van der Waals surface area contributed by atoms with Gasteiger partial charge < -0.3 is 15.4 Å². The van der Waals surface area contributed by atoms with Crippen molar-refractivity contribution in [1.82, 2.24) is 29.9 Å². The number of hydrogen-bond donors (Lipinski definition) is 2. The van der Waals surface area contributed by atoms with E-state index in [0.29, 0.717) is 41.4 Å². The maximum Gasteiger partial charge on any atom is 0.242 e. The Hall–Kier alpha value is -3.75. The van der Waals surface area contributed by atoms with Crippen molar-refractivity contribution in [3.05, 3.63) is 42.6 Å². The number of carbonyl (C=O) groups is 1. The molecular weight excluding hydrogens is 358 g/mol. The monoisotopic (exact) mass is 375 g/mol. The van der Waals surface area contributed by atoms with Crippen molar-refractivity contribution >= 4 is 28.5 Å². The van der Waals surface area contributed by atoms with Crippen LogP contribution in [-0.2, 0) is 4.79 Å². The first-order valence-corrected chi connectivity index (χ1v) is 8.93. The molecule has 4 heterocycles. The first-order valence-electron chi connectivity index (χ1n) is 8.93. The van der Waals surface area contributed by atoms with E-state index in [1.54, 1.807) is 17.8 Å². The van der Waals surface area contributed by atoms with Gasteiger partial charge in [0, 0.05) is 18.3 Å². The molecule has 1 atom stereocenters. The summed E-state index contributed by atoms with van der Waals surface area (Å²) in [7, 11) is 1.62. The number of carbonyl (C=O) groups excluding carboxylic acids is 1. The summed E-state index contributed by atoms with van der Waals surface area (Å²) < 4.78 is 6.91. The number of rotatable bonds is 4.